The normalized spacial score (nSPS) is 15.2. The van der Waals surface area contributed by atoms with Crippen LogP contribution in [0, 0.1) is 6.92 Å². The molecule has 8 nitrogen and oxygen atoms in total. The van der Waals surface area contributed by atoms with Gasteiger partial charge in [0, 0.05) is 12.0 Å². The van der Waals surface area contributed by atoms with Gasteiger partial charge in [0.05, 0.1) is 6.10 Å². The van der Waals surface area contributed by atoms with Crippen molar-refractivity contribution in [1.82, 2.24) is 0 Å². The van der Waals surface area contributed by atoms with Crippen LogP contribution in [0.1, 0.15) is 49.3 Å². The monoisotopic (exact) mass is 512 g/mol. The fraction of sp³-hybridized carbons (Fsp3) is 0.379. The van der Waals surface area contributed by atoms with E-state index < -0.39 is 12.6 Å². The lowest BCUT2D eigenvalue weighted by Gasteiger charge is -2.26. The highest BCUT2D eigenvalue weighted by Gasteiger charge is 2.23. The van der Waals surface area contributed by atoms with Gasteiger partial charge in [-0.1, -0.05) is 55.8 Å². The summed E-state index contributed by atoms with van der Waals surface area (Å²) < 4.78 is 33.9. The lowest BCUT2D eigenvalue weighted by Crippen LogP contribution is -2.24. The molecule has 2 aliphatic heterocycles. The highest BCUT2D eigenvalue weighted by Crippen LogP contribution is 2.34. The van der Waals surface area contributed by atoms with Crippen LogP contribution in [0.3, 0.4) is 0 Å². The fourth-order valence-corrected chi connectivity index (χ4v) is 4.03. The molecule has 200 valence electrons. The Hall–Kier alpha value is -3.30. The van der Waals surface area contributed by atoms with Crippen molar-refractivity contribution in [2.24, 2.45) is 0 Å². The standard InChI is InChI=1S/C27H28O7.C2H6.H2O/c1-17-3-7-21(8-4-17)27(33-18(2)11-19-5-9-22-24(12-19)31-15-29-22)34-26(28)14-20-6-10-23-25(13-20)32-16-30-23;1-2;/h3-10,12-13,18,26-28H,11,14-16H2,1-2H3;1-2H3;1H2. The maximum Gasteiger partial charge on any atom is 0.231 e. The van der Waals surface area contributed by atoms with Gasteiger partial charge in [0.25, 0.3) is 0 Å². The average molecular weight is 513 g/mol. The van der Waals surface area contributed by atoms with Crippen LogP contribution in [0.15, 0.2) is 60.7 Å². The molecule has 0 aromatic heterocycles. The third-order valence-corrected chi connectivity index (χ3v) is 5.79. The highest BCUT2D eigenvalue weighted by atomic mass is 16.7. The molecule has 3 aromatic carbocycles. The molecule has 0 saturated heterocycles. The summed E-state index contributed by atoms with van der Waals surface area (Å²) in [4.78, 5) is 0. The molecule has 0 bridgehead atoms. The molecular weight excluding hydrogens is 476 g/mol. The van der Waals surface area contributed by atoms with Crippen molar-refractivity contribution in [3.05, 3.63) is 82.9 Å². The molecule has 0 amide bonds. The lowest BCUT2D eigenvalue weighted by atomic mass is 10.1. The van der Waals surface area contributed by atoms with Crippen molar-refractivity contribution in [1.29, 1.82) is 0 Å². The Balaban J connectivity index is 0.00000124. The SMILES string of the molecule is CC.Cc1ccc(C(OC(C)Cc2ccc3c(c2)OCO3)OC(O)Cc2ccc3c(c2)OCO3)cc1.O. The Kier molecular flexibility index (Phi) is 10.2. The Morgan fingerprint density at radius 1 is 0.730 bits per heavy atom. The Morgan fingerprint density at radius 2 is 1.24 bits per heavy atom. The quantitative estimate of drug-likeness (QED) is 0.407. The molecule has 5 rings (SSSR count). The van der Waals surface area contributed by atoms with Crippen molar-refractivity contribution < 1.29 is 39.0 Å². The van der Waals surface area contributed by atoms with E-state index in [1.54, 1.807) is 0 Å². The Bertz CT molecular complexity index is 1060. The molecular formula is C29H36O8. The van der Waals surface area contributed by atoms with Gasteiger partial charge in [-0.25, -0.2) is 0 Å². The van der Waals surface area contributed by atoms with Gasteiger partial charge < -0.3 is 39.0 Å². The van der Waals surface area contributed by atoms with E-state index >= 15 is 0 Å². The van der Waals surface area contributed by atoms with Gasteiger partial charge in [0.1, 0.15) is 0 Å². The zero-order valence-corrected chi connectivity index (χ0v) is 21.7. The highest BCUT2D eigenvalue weighted by molar-refractivity contribution is 5.45. The number of aliphatic hydroxyl groups excluding tert-OH is 1. The summed E-state index contributed by atoms with van der Waals surface area (Å²) in [5.74, 6) is 2.88. The second-order valence-electron chi connectivity index (χ2n) is 8.56. The lowest BCUT2D eigenvalue weighted by molar-refractivity contribution is -0.245. The molecule has 3 N–H and O–H groups in total. The van der Waals surface area contributed by atoms with Crippen LogP contribution in [0.5, 0.6) is 23.0 Å². The number of aryl methyl sites for hydroxylation is 1. The van der Waals surface area contributed by atoms with E-state index in [0.29, 0.717) is 24.3 Å². The first-order valence-electron chi connectivity index (χ1n) is 12.4. The van der Waals surface area contributed by atoms with Crippen LogP contribution >= 0.6 is 0 Å². The second-order valence-corrected chi connectivity index (χ2v) is 8.56. The van der Waals surface area contributed by atoms with Crippen LogP contribution in [-0.2, 0) is 22.3 Å². The summed E-state index contributed by atoms with van der Waals surface area (Å²) in [5.41, 5.74) is 3.93. The zero-order chi connectivity index (χ0) is 25.5. The molecule has 3 atom stereocenters. The Morgan fingerprint density at radius 3 is 1.81 bits per heavy atom. The van der Waals surface area contributed by atoms with E-state index in [2.05, 4.69) is 0 Å². The topological polar surface area (TPSA) is 107 Å². The largest absolute Gasteiger partial charge is 0.454 e. The van der Waals surface area contributed by atoms with E-state index in [9.17, 15) is 5.11 Å². The van der Waals surface area contributed by atoms with Crippen molar-refractivity contribution in [2.45, 2.75) is 59.2 Å². The fourth-order valence-electron chi connectivity index (χ4n) is 4.03. The van der Waals surface area contributed by atoms with Crippen LogP contribution in [0.25, 0.3) is 0 Å². The number of rotatable bonds is 9. The minimum atomic E-state index is -1.07. The van der Waals surface area contributed by atoms with Crippen LogP contribution in [0.2, 0.25) is 0 Å². The molecule has 37 heavy (non-hydrogen) atoms. The molecule has 0 radical (unpaired) electrons. The summed E-state index contributed by atoms with van der Waals surface area (Å²) in [6, 6.07) is 19.4. The minimum Gasteiger partial charge on any atom is -0.454 e. The average Bonchev–Trinajstić information content (AvgIpc) is 3.54. The third kappa shape index (κ3) is 7.36. The van der Waals surface area contributed by atoms with E-state index in [1.807, 2.05) is 88.4 Å². The van der Waals surface area contributed by atoms with Gasteiger partial charge in [-0.05, 0) is 55.7 Å². The number of ether oxygens (including phenoxy) is 6. The molecule has 8 heteroatoms. The molecule has 0 aliphatic carbocycles. The summed E-state index contributed by atoms with van der Waals surface area (Å²) in [5, 5.41) is 10.7. The molecule has 3 aromatic rings. The van der Waals surface area contributed by atoms with Crippen LogP contribution < -0.4 is 18.9 Å². The van der Waals surface area contributed by atoms with Crippen molar-refractivity contribution in [3.8, 4) is 23.0 Å². The smallest absolute Gasteiger partial charge is 0.231 e. The number of benzene rings is 3. The van der Waals surface area contributed by atoms with E-state index in [-0.39, 0.29) is 25.2 Å². The molecule has 0 spiro atoms. The number of hydrogen-bond acceptors (Lipinski definition) is 7. The molecule has 2 heterocycles. The second kappa shape index (κ2) is 13.3. The van der Waals surface area contributed by atoms with Gasteiger partial charge in [-0.3, -0.25) is 0 Å². The van der Waals surface area contributed by atoms with Gasteiger partial charge in [-0.2, -0.15) is 0 Å². The predicted molar refractivity (Wildman–Crippen MR) is 139 cm³/mol. The van der Waals surface area contributed by atoms with Crippen LogP contribution in [-0.4, -0.2) is 36.6 Å². The summed E-state index contributed by atoms with van der Waals surface area (Å²) in [6.45, 7) is 8.47. The van der Waals surface area contributed by atoms with E-state index in [1.165, 1.54) is 0 Å². The predicted octanol–water partition coefficient (Wildman–Crippen LogP) is 4.88. The molecule has 0 fully saturated rings. The molecule has 3 unspecified atom stereocenters. The van der Waals surface area contributed by atoms with Crippen molar-refractivity contribution in [3.63, 3.8) is 0 Å². The number of fused-ring (bicyclic) bond motifs is 2. The van der Waals surface area contributed by atoms with Gasteiger partial charge in [-0.15, -0.1) is 0 Å². The number of hydrogen-bond donors (Lipinski definition) is 1. The first-order chi connectivity index (χ1) is 17.5. The number of aliphatic hydroxyl groups is 1. The molecule has 0 saturated carbocycles. The van der Waals surface area contributed by atoms with Crippen molar-refractivity contribution in [2.75, 3.05) is 13.6 Å². The van der Waals surface area contributed by atoms with Crippen molar-refractivity contribution >= 4 is 0 Å². The maximum atomic E-state index is 10.7. The summed E-state index contributed by atoms with van der Waals surface area (Å²) in [6.07, 6.45) is -1.03. The van der Waals surface area contributed by atoms with E-state index in [0.717, 1.165) is 33.8 Å². The maximum absolute atomic E-state index is 10.7. The first kappa shape index (κ1) is 28.3. The minimum absolute atomic E-state index is 0. The first-order valence-corrected chi connectivity index (χ1v) is 12.4. The van der Waals surface area contributed by atoms with Gasteiger partial charge >= 0.3 is 0 Å². The van der Waals surface area contributed by atoms with Crippen LogP contribution in [0.4, 0.5) is 0 Å². The zero-order valence-electron chi connectivity index (χ0n) is 21.7. The Labute approximate surface area is 218 Å². The van der Waals surface area contributed by atoms with E-state index in [4.69, 9.17) is 28.4 Å². The third-order valence-electron chi connectivity index (χ3n) is 5.79. The molecule has 2 aliphatic rings. The summed E-state index contributed by atoms with van der Waals surface area (Å²) >= 11 is 0. The summed E-state index contributed by atoms with van der Waals surface area (Å²) in [7, 11) is 0. The van der Waals surface area contributed by atoms with Gasteiger partial charge in [0.2, 0.25) is 13.6 Å². The van der Waals surface area contributed by atoms with Gasteiger partial charge in [0.15, 0.2) is 35.6 Å².